The van der Waals surface area contributed by atoms with Gasteiger partial charge in [-0.3, -0.25) is 9.78 Å². The van der Waals surface area contributed by atoms with Crippen LogP contribution in [0.25, 0.3) is 21.5 Å². The van der Waals surface area contributed by atoms with Crippen LogP contribution in [-0.4, -0.2) is 40.7 Å². The van der Waals surface area contributed by atoms with Gasteiger partial charge in [-0.15, -0.1) is 11.3 Å². The molecule has 3 N–H and O–H groups in total. The van der Waals surface area contributed by atoms with E-state index in [0.717, 1.165) is 38.3 Å². The Bertz CT molecular complexity index is 1390. The lowest BCUT2D eigenvalue weighted by Gasteiger charge is -2.30. The fourth-order valence-corrected chi connectivity index (χ4v) is 6.18. The van der Waals surface area contributed by atoms with Crippen molar-refractivity contribution in [3.05, 3.63) is 72.9 Å². The monoisotopic (exact) mass is 463 g/mol. The highest BCUT2D eigenvalue weighted by Crippen LogP contribution is 2.45. The van der Waals surface area contributed by atoms with Crippen LogP contribution in [0, 0.1) is 13.8 Å². The summed E-state index contributed by atoms with van der Waals surface area (Å²) >= 11 is 1.74. The summed E-state index contributed by atoms with van der Waals surface area (Å²) in [6.07, 6.45) is 0.512. The summed E-state index contributed by atoms with van der Waals surface area (Å²) in [5.41, 5.74) is 7.21. The van der Waals surface area contributed by atoms with Crippen LogP contribution in [0.15, 0.2) is 39.2 Å². The van der Waals surface area contributed by atoms with Gasteiger partial charge in [-0.2, -0.15) is 0 Å². The second-order valence-electron chi connectivity index (χ2n) is 8.79. The number of H-pyrrole nitrogens is 2. The van der Waals surface area contributed by atoms with Gasteiger partial charge in [-0.05, 0) is 43.8 Å². The van der Waals surface area contributed by atoms with E-state index >= 15 is 0 Å². The Morgan fingerprint density at radius 3 is 2.39 bits per heavy atom. The molecule has 0 aliphatic carbocycles. The Labute approximate surface area is 196 Å². The molecule has 1 aromatic carbocycles. The molecule has 7 nitrogen and oxygen atoms in total. The van der Waals surface area contributed by atoms with E-state index in [-0.39, 0.29) is 5.56 Å². The van der Waals surface area contributed by atoms with Crippen molar-refractivity contribution < 1.29 is 0 Å². The number of hydrogen-bond acceptors (Lipinski definition) is 5. The van der Waals surface area contributed by atoms with Crippen LogP contribution >= 0.6 is 11.3 Å². The van der Waals surface area contributed by atoms with E-state index in [2.05, 4.69) is 69.1 Å². The first-order valence-electron chi connectivity index (χ1n) is 11.4. The van der Waals surface area contributed by atoms with E-state index in [4.69, 9.17) is 0 Å². The van der Waals surface area contributed by atoms with Gasteiger partial charge in [0, 0.05) is 61.9 Å². The minimum atomic E-state index is -0.464. The minimum absolute atomic E-state index is 0.371. The van der Waals surface area contributed by atoms with E-state index < -0.39 is 5.69 Å². The van der Waals surface area contributed by atoms with Crippen molar-refractivity contribution >= 4 is 27.2 Å². The first-order chi connectivity index (χ1) is 15.9. The third-order valence-electron chi connectivity index (χ3n) is 6.27. The number of aryl methyl sites for hydroxylation is 3. The molecule has 0 amide bonds. The van der Waals surface area contributed by atoms with Crippen molar-refractivity contribution in [3.8, 4) is 11.3 Å². The number of nitrogens with zero attached hydrogens (tertiary/aromatic N) is 2. The molecule has 0 unspecified atom stereocenters. The average molecular weight is 464 g/mol. The van der Waals surface area contributed by atoms with Gasteiger partial charge >= 0.3 is 5.69 Å². The van der Waals surface area contributed by atoms with Crippen molar-refractivity contribution in [3.63, 3.8) is 0 Å². The molecule has 5 rings (SSSR count). The maximum absolute atomic E-state index is 11.9. The van der Waals surface area contributed by atoms with Crippen molar-refractivity contribution in [1.29, 1.82) is 0 Å². The average Bonchev–Trinajstić information content (AvgIpc) is 3.31. The minimum Gasteiger partial charge on any atom is -0.367 e. The normalized spacial score (nSPS) is 14.3. The number of anilines is 1. The summed E-state index contributed by atoms with van der Waals surface area (Å²) in [5, 5.41) is 6.88. The first-order valence-corrected chi connectivity index (χ1v) is 12.3. The molecular formula is C25H29N5O2S. The van der Waals surface area contributed by atoms with Gasteiger partial charge in [-0.1, -0.05) is 17.2 Å². The maximum Gasteiger partial charge on any atom is 0.325 e. The van der Waals surface area contributed by atoms with Crippen molar-refractivity contribution in [2.24, 2.45) is 0 Å². The van der Waals surface area contributed by atoms with Gasteiger partial charge in [0.05, 0.1) is 11.4 Å². The summed E-state index contributed by atoms with van der Waals surface area (Å²) < 4.78 is 2.43. The van der Waals surface area contributed by atoms with Gasteiger partial charge in [-0.25, -0.2) is 4.79 Å². The zero-order valence-electron chi connectivity index (χ0n) is 19.2. The molecule has 3 aromatic heterocycles. The third-order valence-corrected chi connectivity index (χ3v) is 7.32. The zero-order chi connectivity index (χ0) is 23.1. The van der Waals surface area contributed by atoms with Crippen molar-refractivity contribution in [2.45, 2.75) is 33.7 Å². The van der Waals surface area contributed by atoms with Crippen LogP contribution < -0.4 is 21.5 Å². The molecule has 0 bridgehead atoms. The Morgan fingerprint density at radius 2 is 1.73 bits per heavy atom. The topological polar surface area (TPSA) is 85.9 Å². The molecule has 33 heavy (non-hydrogen) atoms. The van der Waals surface area contributed by atoms with E-state index in [0.29, 0.717) is 12.1 Å². The molecule has 4 heterocycles. The Morgan fingerprint density at radius 1 is 1.00 bits per heavy atom. The molecule has 0 atom stereocenters. The Kier molecular flexibility index (Phi) is 5.72. The van der Waals surface area contributed by atoms with Gasteiger partial charge in [0.2, 0.25) is 0 Å². The lowest BCUT2D eigenvalue weighted by molar-refractivity contribution is 0.590. The summed E-state index contributed by atoms with van der Waals surface area (Å²) in [7, 11) is 0. The fraction of sp³-hybridized carbons (Fsp3) is 0.360. The molecule has 0 saturated carbocycles. The molecule has 0 radical (unpaired) electrons. The summed E-state index contributed by atoms with van der Waals surface area (Å²) in [6.45, 7) is 11.1. The van der Waals surface area contributed by atoms with Crippen LogP contribution in [0.5, 0.6) is 0 Å². The highest BCUT2D eigenvalue weighted by molar-refractivity contribution is 7.17. The molecule has 8 heteroatoms. The molecule has 1 saturated heterocycles. The highest BCUT2D eigenvalue weighted by atomic mass is 32.1. The van der Waals surface area contributed by atoms with E-state index in [1.54, 1.807) is 11.3 Å². The summed E-state index contributed by atoms with van der Waals surface area (Å²) in [6, 6.07) is 8.25. The summed E-state index contributed by atoms with van der Waals surface area (Å²) in [5.74, 6) is 0. The van der Waals surface area contributed by atoms with Crippen LogP contribution in [0.2, 0.25) is 0 Å². The predicted molar refractivity (Wildman–Crippen MR) is 136 cm³/mol. The summed E-state index contributed by atoms with van der Waals surface area (Å²) in [4.78, 5) is 32.5. The number of nitrogens with one attached hydrogen (secondary N) is 3. The zero-order valence-corrected chi connectivity index (χ0v) is 20.1. The quantitative estimate of drug-likeness (QED) is 0.424. The predicted octanol–water partition coefficient (Wildman–Crippen LogP) is 3.38. The van der Waals surface area contributed by atoms with Crippen LogP contribution in [0.4, 0.5) is 5.69 Å². The molecule has 1 aliphatic heterocycles. The first kappa shape index (κ1) is 21.7. The van der Waals surface area contributed by atoms with Gasteiger partial charge in [0.1, 0.15) is 4.83 Å². The second kappa shape index (κ2) is 8.68. The molecule has 0 spiro atoms. The van der Waals surface area contributed by atoms with Crippen LogP contribution in [-0.2, 0) is 13.0 Å². The lowest BCUT2D eigenvalue weighted by atomic mass is 10.0. The van der Waals surface area contributed by atoms with Gasteiger partial charge in [0.25, 0.3) is 5.56 Å². The fourth-order valence-electron chi connectivity index (χ4n) is 5.03. The number of thiophene rings is 1. The largest absolute Gasteiger partial charge is 0.367 e. The van der Waals surface area contributed by atoms with Gasteiger partial charge < -0.3 is 19.8 Å². The lowest BCUT2D eigenvalue weighted by Crippen LogP contribution is -2.43. The standard InChI is InChI=1S/C25H29N5O2S/c1-4-30-22(17-10-15(2)9-16(3)11-17)23(29-7-5-26-6-8-29)21-18(14-33-24(21)30)12-19-13-20(31)28-25(32)27-19/h9-11,13-14,26H,4-8,12H2,1-3H3,(H2,27,28,31,32). The van der Waals surface area contributed by atoms with E-state index in [1.807, 2.05) is 0 Å². The molecule has 4 aromatic rings. The number of aromatic amines is 2. The van der Waals surface area contributed by atoms with Crippen molar-refractivity contribution in [2.75, 3.05) is 31.1 Å². The smallest absolute Gasteiger partial charge is 0.325 e. The van der Waals surface area contributed by atoms with Crippen LogP contribution in [0.1, 0.15) is 29.3 Å². The van der Waals surface area contributed by atoms with E-state index in [1.165, 1.54) is 44.4 Å². The number of fused-ring (bicyclic) bond motifs is 1. The number of rotatable bonds is 5. The number of hydrogen-bond donors (Lipinski definition) is 3. The van der Waals surface area contributed by atoms with E-state index in [9.17, 15) is 9.59 Å². The third kappa shape index (κ3) is 4.05. The highest BCUT2D eigenvalue weighted by Gasteiger charge is 2.27. The van der Waals surface area contributed by atoms with Crippen molar-refractivity contribution in [1.82, 2.24) is 19.9 Å². The molecular weight excluding hydrogens is 434 g/mol. The number of benzene rings is 1. The number of aromatic nitrogens is 3. The molecule has 1 aliphatic rings. The Balaban J connectivity index is 1.77. The molecule has 1 fully saturated rings. The Hall–Kier alpha value is -3.10. The molecule has 172 valence electrons. The number of piperazine rings is 1. The van der Waals surface area contributed by atoms with Crippen LogP contribution in [0.3, 0.4) is 0 Å². The van der Waals surface area contributed by atoms with Gasteiger partial charge in [0.15, 0.2) is 0 Å². The SMILES string of the molecule is CCn1c(-c2cc(C)cc(C)c2)c(N2CCNCC2)c2c(Cc3cc(=O)[nH]c(=O)[nH]3)csc21. The second-order valence-corrected chi connectivity index (χ2v) is 9.64. The maximum atomic E-state index is 11.9.